The van der Waals surface area contributed by atoms with Crippen molar-refractivity contribution in [2.24, 2.45) is 0 Å². The molecule has 0 aliphatic heterocycles. The van der Waals surface area contributed by atoms with Crippen LogP contribution in [-0.2, 0) is 5.41 Å². The molecule has 0 saturated heterocycles. The molecule has 0 radical (unpaired) electrons. The van der Waals surface area contributed by atoms with Crippen LogP contribution in [0.2, 0.25) is 0 Å². The first-order chi connectivity index (χ1) is 9.86. The van der Waals surface area contributed by atoms with Crippen molar-refractivity contribution in [2.75, 3.05) is 17.2 Å². The van der Waals surface area contributed by atoms with Gasteiger partial charge in [0.05, 0.1) is 0 Å². The fraction of sp³-hybridized carbons (Fsp3) is 0.765. The summed E-state index contributed by atoms with van der Waals surface area (Å²) in [4.78, 5) is 9.35. The van der Waals surface area contributed by atoms with Crippen molar-refractivity contribution in [2.45, 2.75) is 78.7 Å². The van der Waals surface area contributed by atoms with Crippen LogP contribution in [0.25, 0.3) is 0 Å². The number of aromatic nitrogens is 2. The Morgan fingerprint density at radius 1 is 1.10 bits per heavy atom. The lowest BCUT2D eigenvalue weighted by Gasteiger charge is -2.21. The van der Waals surface area contributed by atoms with Gasteiger partial charge in [0.15, 0.2) is 0 Å². The smallest absolute Gasteiger partial charge is 0.138 e. The van der Waals surface area contributed by atoms with E-state index in [9.17, 15) is 0 Å². The van der Waals surface area contributed by atoms with E-state index in [1.165, 1.54) is 19.3 Å². The summed E-state index contributed by atoms with van der Waals surface area (Å²) in [6.45, 7) is 14.0. The third-order valence-corrected chi connectivity index (χ3v) is 3.34. The predicted octanol–water partition coefficient (Wildman–Crippen LogP) is 4.59. The first-order valence-electron chi connectivity index (χ1n) is 8.26. The van der Waals surface area contributed by atoms with Gasteiger partial charge < -0.3 is 10.6 Å². The lowest BCUT2D eigenvalue weighted by atomic mass is 9.96. The standard InChI is InChI=1S/C17H32N4/c1-7-9-10-13(3)19-15-12-14(18-11-8-2)20-16(21-15)17(4,5)6/h12-13H,7-11H2,1-6H3,(H2,18,19,20,21). The highest BCUT2D eigenvalue weighted by Gasteiger charge is 2.19. The predicted molar refractivity (Wildman–Crippen MR) is 92.1 cm³/mol. The Bertz CT molecular complexity index is 423. The molecule has 4 heteroatoms. The average Bonchev–Trinajstić information content (AvgIpc) is 2.41. The molecular formula is C17H32N4. The molecule has 0 aromatic carbocycles. The molecule has 1 rings (SSSR count). The second kappa shape index (κ2) is 8.20. The number of hydrogen-bond donors (Lipinski definition) is 2. The summed E-state index contributed by atoms with van der Waals surface area (Å²) in [5.74, 6) is 2.73. The molecule has 0 aliphatic carbocycles. The maximum Gasteiger partial charge on any atom is 0.138 e. The molecule has 21 heavy (non-hydrogen) atoms. The summed E-state index contributed by atoms with van der Waals surface area (Å²) in [6, 6.07) is 2.46. The van der Waals surface area contributed by atoms with Gasteiger partial charge in [0.25, 0.3) is 0 Å². The zero-order valence-electron chi connectivity index (χ0n) is 14.6. The average molecular weight is 292 g/mol. The SMILES string of the molecule is CCCCC(C)Nc1cc(NCCC)nc(C(C)(C)C)n1. The van der Waals surface area contributed by atoms with E-state index in [1.807, 2.05) is 6.07 Å². The molecule has 0 amide bonds. The zero-order chi connectivity index (χ0) is 15.9. The minimum atomic E-state index is -0.0486. The number of unbranched alkanes of at least 4 members (excludes halogenated alkanes) is 1. The first-order valence-corrected chi connectivity index (χ1v) is 8.26. The Labute approximate surface area is 130 Å². The summed E-state index contributed by atoms with van der Waals surface area (Å²) in [7, 11) is 0. The van der Waals surface area contributed by atoms with Crippen LogP contribution in [0.3, 0.4) is 0 Å². The van der Waals surface area contributed by atoms with Gasteiger partial charge in [-0.15, -0.1) is 0 Å². The van der Waals surface area contributed by atoms with E-state index >= 15 is 0 Å². The molecular weight excluding hydrogens is 260 g/mol. The van der Waals surface area contributed by atoms with Gasteiger partial charge in [0.1, 0.15) is 17.5 Å². The molecule has 1 unspecified atom stereocenters. The Morgan fingerprint density at radius 2 is 1.76 bits per heavy atom. The number of hydrogen-bond acceptors (Lipinski definition) is 4. The molecule has 2 N–H and O–H groups in total. The highest BCUT2D eigenvalue weighted by Crippen LogP contribution is 2.23. The summed E-state index contributed by atoms with van der Waals surface area (Å²) in [6.07, 6.45) is 4.73. The number of anilines is 2. The van der Waals surface area contributed by atoms with E-state index < -0.39 is 0 Å². The molecule has 1 atom stereocenters. The summed E-state index contributed by atoms with van der Waals surface area (Å²) in [5, 5.41) is 6.89. The lowest BCUT2D eigenvalue weighted by molar-refractivity contribution is 0.545. The molecule has 1 heterocycles. The van der Waals surface area contributed by atoms with E-state index in [2.05, 4.69) is 57.2 Å². The molecule has 0 spiro atoms. The third-order valence-electron chi connectivity index (χ3n) is 3.34. The van der Waals surface area contributed by atoms with Crippen molar-refractivity contribution < 1.29 is 0 Å². The number of nitrogens with one attached hydrogen (secondary N) is 2. The van der Waals surface area contributed by atoms with Crippen molar-refractivity contribution in [3.05, 3.63) is 11.9 Å². The van der Waals surface area contributed by atoms with Gasteiger partial charge in [-0.25, -0.2) is 9.97 Å². The lowest BCUT2D eigenvalue weighted by Crippen LogP contribution is -2.21. The van der Waals surface area contributed by atoms with Gasteiger partial charge >= 0.3 is 0 Å². The van der Waals surface area contributed by atoms with E-state index in [4.69, 9.17) is 4.98 Å². The Morgan fingerprint density at radius 3 is 2.33 bits per heavy atom. The van der Waals surface area contributed by atoms with E-state index in [0.717, 1.165) is 30.4 Å². The minimum absolute atomic E-state index is 0.0486. The maximum atomic E-state index is 4.70. The Hall–Kier alpha value is -1.32. The van der Waals surface area contributed by atoms with Crippen LogP contribution in [0.5, 0.6) is 0 Å². The van der Waals surface area contributed by atoms with Gasteiger partial charge in [0, 0.05) is 24.1 Å². The highest BCUT2D eigenvalue weighted by atomic mass is 15.1. The van der Waals surface area contributed by atoms with Crippen LogP contribution in [0.4, 0.5) is 11.6 Å². The summed E-state index contributed by atoms with van der Waals surface area (Å²) in [5.41, 5.74) is -0.0486. The largest absolute Gasteiger partial charge is 0.370 e. The van der Waals surface area contributed by atoms with Crippen LogP contribution in [0.1, 0.15) is 73.1 Å². The van der Waals surface area contributed by atoms with Crippen molar-refractivity contribution in [1.29, 1.82) is 0 Å². The molecule has 120 valence electrons. The van der Waals surface area contributed by atoms with E-state index in [0.29, 0.717) is 6.04 Å². The molecule has 1 aromatic rings. The maximum absolute atomic E-state index is 4.70. The van der Waals surface area contributed by atoms with Crippen LogP contribution >= 0.6 is 0 Å². The van der Waals surface area contributed by atoms with Crippen molar-refractivity contribution >= 4 is 11.6 Å². The van der Waals surface area contributed by atoms with Crippen molar-refractivity contribution in [1.82, 2.24) is 9.97 Å². The Balaban J connectivity index is 2.90. The monoisotopic (exact) mass is 292 g/mol. The number of nitrogens with zero attached hydrogens (tertiary/aromatic N) is 2. The van der Waals surface area contributed by atoms with Gasteiger partial charge in [-0.05, 0) is 19.8 Å². The van der Waals surface area contributed by atoms with E-state index in [-0.39, 0.29) is 5.41 Å². The minimum Gasteiger partial charge on any atom is -0.370 e. The molecule has 0 fully saturated rings. The van der Waals surface area contributed by atoms with E-state index in [1.54, 1.807) is 0 Å². The van der Waals surface area contributed by atoms with Crippen LogP contribution in [-0.4, -0.2) is 22.6 Å². The van der Waals surface area contributed by atoms with Crippen molar-refractivity contribution in [3.8, 4) is 0 Å². The summed E-state index contributed by atoms with van der Waals surface area (Å²) >= 11 is 0. The third kappa shape index (κ3) is 6.32. The Kier molecular flexibility index (Phi) is 6.93. The van der Waals surface area contributed by atoms with Gasteiger partial charge in [-0.3, -0.25) is 0 Å². The van der Waals surface area contributed by atoms with Crippen LogP contribution < -0.4 is 10.6 Å². The van der Waals surface area contributed by atoms with Crippen LogP contribution in [0, 0.1) is 0 Å². The first kappa shape index (κ1) is 17.7. The summed E-state index contributed by atoms with van der Waals surface area (Å²) < 4.78 is 0. The van der Waals surface area contributed by atoms with Gasteiger partial charge in [-0.2, -0.15) is 0 Å². The topological polar surface area (TPSA) is 49.8 Å². The molecule has 0 bridgehead atoms. The molecule has 1 aromatic heterocycles. The zero-order valence-corrected chi connectivity index (χ0v) is 14.6. The highest BCUT2D eigenvalue weighted by molar-refractivity contribution is 5.48. The second-order valence-corrected chi connectivity index (χ2v) is 6.83. The van der Waals surface area contributed by atoms with Gasteiger partial charge in [-0.1, -0.05) is 47.5 Å². The number of rotatable bonds is 8. The quantitative estimate of drug-likeness (QED) is 0.736. The van der Waals surface area contributed by atoms with Gasteiger partial charge in [0.2, 0.25) is 0 Å². The fourth-order valence-electron chi connectivity index (χ4n) is 2.04. The van der Waals surface area contributed by atoms with Crippen molar-refractivity contribution in [3.63, 3.8) is 0 Å². The molecule has 4 nitrogen and oxygen atoms in total. The second-order valence-electron chi connectivity index (χ2n) is 6.83. The normalized spacial score (nSPS) is 13.0. The van der Waals surface area contributed by atoms with Crippen LogP contribution in [0.15, 0.2) is 6.07 Å². The molecule has 0 aliphatic rings. The molecule has 0 saturated carbocycles. The fourth-order valence-corrected chi connectivity index (χ4v) is 2.04.